The molecule has 0 radical (unpaired) electrons. The molecule has 0 spiro atoms. The van der Waals surface area contributed by atoms with Crippen LogP contribution in [0.3, 0.4) is 0 Å². The Morgan fingerprint density at radius 3 is 2.36 bits per heavy atom. The molecule has 1 aromatic rings. The van der Waals surface area contributed by atoms with Crippen LogP contribution in [0, 0.1) is 0 Å². The number of nitrogens with one attached hydrogen (secondary N) is 2. The molecule has 0 aliphatic carbocycles. The van der Waals surface area contributed by atoms with Crippen LogP contribution in [0.15, 0.2) is 24.3 Å². The van der Waals surface area contributed by atoms with Crippen LogP contribution in [0.5, 0.6) is 0 Å². The molecule has 1 aromatic carbocycles. The van der Waals surface area contributed by atoms with Gasteiger partial charge in [-0.3, -0.25) is 0 Å². The molecule has 0 amide bonds. The standard InChI is InChI=1S/C11H17ClN2/c1-2-13-7-8-14-9-10-3-5-11(12)6-4-10/h3-6,13-14H,2,7-9H2,1H3. The first-order valence-corrected chi connectivity index (χ1v) is 5.36. The highest BCUT2D eigenvalue weighted by atomic mass is 35.5. The molecule has 0 saturated carbocycles. The minimum atomic E-state index is 0.793. The van der Waals surface area contributed by atoms with Crippen molar-refractivity contribution in [2.45, 2.75) is 13.5 Å². The van der Waals surface area contributed by atoms with E-state index in [0.717, 1.165) is 31.2 Å². The third-order valence-corrected chi connectivity index (χ3v) is 2.22. The fourth-order valence-electron chi connectivity index (χ4n) is 1.19. The largest absolute Gasteiger partial charge is 0.316 e. The molecule has 0 aromatic heterocycles. The fourth-order valence-corrected chi connectivity index (χ4v) is 1.31. The highest BCUT2D eigenvalue weighted by Gasteiger charge is 1.92. The second-order valence-corrected chi connectivity index (χ2v) is 3.59. The molecular formula is C11H17ClN2. The Morgan fingerprint density at radius 1 is 1.07 bits per heavy atom. The van der Waals surface area contributed by atoms with Crippen LogP contribution in [0.25, 0.3) is 0 Å². The Balaban J connectivity index is 2.15. The normalized spacial score (nSPS) is 10.4. The van der Waals surface area contributed by atoms with E-state index in [-0.39, 0.29) is 0 Å². The van der Waals surface area contributed by atoms with E-state index in [0.29, 0.717) is 0 Å². The highest BCUT2D eigenvalue weighted by Crippen LogP contribution is 2.08. The van der Waals surface area contributed by atoms with Crippen LogP contribution in [0.1, 0.15) is 12.5 Å². The maximum absolute atomic E-state index is 5.78. The van der Waals surface area contributed by atoms with E-state index in [1.165, 1.54) is 5.56 Å². The van der Waals surface area contributed by atoms with Crippen LogP contribution in [0.4, 0.5) is 0 Å². The van der Waals surface area contributed by atoms with Crippen molar-refractivity contribution in [1.82, 2.24) is 10.6 Å². The lowest BCUT2D eigenvalue weighted by atomic mass is 10.2. The van der Waals surface area contributed by atoms with E-state index in [1.54, 1.807) is 0 Å². The van der Waals surface area contributed by atoms with Gasteiger partial charge in [0.15, 0.2) is 0 Å². The lowest BCUT2D eigenvalue weighted by Gasteiger charge is -2.05. The molecule has 78 valence electrons. The van der Waals surface area contributed by atoms with E-state index in [2.05, 4.69) is 17.6 Å². The molecular weight excluding hydrogens is 196 g/mol. The average molecular weight is 213 g/mol. The minimum absolute atomic E-state index is 0.793. The summed E-state index contributed by atoms with van der Waals surface area (Å²) in [6.07, 6.45) is 0. The number of benzene rings is 1. The van der Waals surface area contributed by atoms with Crippen LogP contribution >= 0.6 is 11.6 Å². The van der Waals surface area contributed by atoms with Gasteiger partial charge in [-0.05, 0) is 24.2 Å². The monoisotopic (exact) mass is 212 g/mol. The Hall–Kier alpha value is -0.570. The van der Waals surface area contributed by atoms with Gasteiger partial charge in [-0.25, -0.2) is 0 Å². The molecule has 14 heavy (non-hydrogen) atoms. The van der Waals surface area contributed by atoms with E-state index >= 15 is 0 Å². The molecule has 0 heterocycles. The van der Waals surface area contributed by atoms with Crippen LogP contribution in [-0.4, -0.2) is 19.6 Å². The Morgan fingerprint density at radius 2 is 1.71 bits per heavy atom. The van der Waals surface area contributed by atoms with Gasteiger partial charge in [-0.1, -0.05) is 30.7 Å². The highest BCUT2D eigenvalue weighted by molar-refractivity contribution is 6.30. The minimum Gasteiger partial charge on any atom is -0.316 e. The number of hydrogen-bond donors (Lipinski definition) is 2. The van der Waals surface area contributed by atoms with Crippen LogP contribution in [-0.2, 0) is 6.54 Å². The number of halogens is 1. The first kappa shape index (κ1) is 11.5. The van der Waals surface area contributed by atoms with Crippen molar-refractivity contribution < 1.29 is 0 Å². The van der Waals surface area contributed by atoms with Crippen molar-refractivity contribution in [3.05, 3.63) is 34.9 Å². The van der Waals surface area contributed by atoms with Gasteiger partial charge >= 0.3 is 0 Å². The second-order valence-electron chi connectivity index (χ2n) is 3.16. The molecule has 0 atom stereocenters. The maximum Gasteiger partial charge on any atom is 0.0406 e. The van der Waals surface area contributed by atoms with E-state index in [1.807, 2.05) is 24.3 Å². The number of likely N-dealkylation sites (N-methyl/N-ethyl adjacent to an activating group) is 1. The van der Waals surface area contributed by atoms with Crippen molar-refractivity contribution in [3.8, 4) is 0 Å². The smallest absolute Gasteiger partial charge is 0.0406 e. The summed E-state index contributed by atoms with van der Waals surface area (Å²) in [6, 6.07) is 7.93. The van der Waals surface area contributed by atoms with E-state index in [9.17, 15) is 0 Å². The molecule has 2 N–H and O–H groups in total. The zero-order valence-electron chi connectivity index (χ0n) is 8.52. The maximum atomic E-state index is 5.78. The Kier molecular flexibility index (Phi) is 5.60. The van der Waals surface area contributed by atoms with Gasteiger partial charge in [0.05, 0.1) is 0 Å². The van der Waals surface area contributed by atoms with Crippen molar-refractivity contribution in [3.63, 3.8) is 0 Å². The van der Waals surface area contributed by atoms with E-state index < -0.39 is 0 Å². The van der Waals surface area contributed by atoms with Gasteiger partial charge in [0.2, 0.25) is 0 Å². The summed E-state index contributed by atoms with van der Waals surface area (Å²) >= 11 is 5.78. The zero-order chi connectivity index (χ0) is 10.2. The summed E-state index contributed by atoms with van der Waals surface area (Å²) in [5.41, 5.74) is 1.27. The summed E-state index contributed by atoms with van der Waals surface area (Å²) < 4.78 is 0. The SMILES string of the molecule is CCNCCNCc1ccc(Cl)cc1. The summed E-state index contributed by atoms with van der Waals surface area (Å²) in [5, 5.41) is 7.40. The van der Waals surface area contributed by atoms with Gasteiger partial charge in [0, 0.05) is 24.7 Å². The van der Waals surface area contributed by atoms with Gasteiger partial charge in [-0.15, -0.1) is 0 Å². The van der Waals surface area contributed by atoms with Crippen molar-refractivity contribution in [2.24, 2.45) is 0 Å². The summed E-state index contributed by atoms with van der Waals surface area (Å²) in [7, 11) is 0. The van der Waals surface area contributed by atoms with Crippen molar-refractivity contribution in [1.29, 1.82) is 0 Å². The molecule has 0 bridgehead atoms. The number of rotatable bonds is 6. The summed E-state index contributed by atoms with van der Waals surface area (Å²) in [6.45, 7) is 6.06. The predicted molar refractivity (Wildman–Crippen MR) is 61.7 cm³/mol. The second kappa shape index (κ2) is 6.82. The van der Waals surface area contributed by atoms with Crippen molar-refractivity contribution >= 4 is 11.6 Å². The fraction of sp³-hybridized carbons (Fsp3) is 0.455. The predicted octanol–water partition coefficient (Wildman–Crippen LogP) is 2.04. The third-order valence-electron chi connectivity index (χ3n) is 1.97. The van der Waals surface area contributed by atoms with Gasteiger partial charge in [-0.2, -0.15) is 0 Å². The lowest BCUT2D eigenvalue weighted by Crippen LogP contribution is -2.26. The molecule has 0 aliphatic rings. The first-order chi connectivity index (χ1) is 6.83. The van der Waals surface area contributed by atoms with Gasteiger partial charge in [0.25, 0.3) is 0 Å². The molecule has 1 rings (SSSR count). The Labute approximate surface area is 90.7 Å². The molecule has 0 fully saturated rings. The van der Waals surface area contributed by atoms with Gasteiger partial charge in [0.1, 0.15) is 0 Å². The zero-order valence-corrected chi connectivity index (χ0v) is 9.27. The number of hydrogen-bond acceptors (Lipinski definition) is 2. The summed E-state index contributed by atoms with van der Waals surface area (Å²) in [5.74, 6) is 0. The van der Waals surface area contributed by atoms with Gasteiger partial charge < -0.3 is 10.6 Å². The molecule has 0 unspecified atom stereocenters. The Bertz CT molecular complexity index is 246. The van der Waals surface area contributed by atoms with Crippen LogP contribution in [0.2, 0.25) is 5.02 Å². The molecule has 3 heteroatoms. The lowest BCUT2D eigenvalue weighted by molar-refractivity contribution is 0.625. The summed E-state index contributed by atoms with van der Waals surface area (Å²) in [4.78, 5) is 0. The first-order valence-electron chi connectivity index (χ1n) is 4.99. The molecule has 0 aliphatic heterocycles. The van der Waals surface area contributed by atoms with Crippen molar-refractivity contribution in [2.75, 3.05) is 19.6 Å². The molecule has 0 saturated heterocycles. The molecule has 2 nitrogen and oxygen atoms in total. The topological polar surface area (TPSA) is 24.1 Å². The quantitative estimate of drug-likeness (QED) is 0.706. The average Bonchev–Trinajstić information content (AvgIpc) is 2.21. The third kappa shape index (κ3) is 4.61. The van der Waals surface area contributed by atoms with Crippen LogP contribution < -0.4 is 10.6 Å². The van der Waals surface area contributed by atoms with E-state index in [4.69, 9.17) is 11.6 Å².